The number of carboxylic acids is 1. The van der Waals surface area contributed by atoms with Crippen LogP contribution in [-0.2, 0) is 14.3 Å². The summed E-state index contributed by atoms with van der Waals surface area (Å²) in [6.07, 6.45) is 0.350. The van der Waals surface area contributed by atoms with Crippen LogP contribution in [0.4, 0.5) is 0 Å². The molecule has 72 valence electrons. The van der Waals surface area contributed by atoms with E-state index in [4.69, 9.17) is 14.6 Å². The van der Waals surface area contributed by atoms with Crippen molar-refractivity contribution >= 4 is 5.97 Å². The molecule has 2 unspecified atom stereocenters. The molecule has 2 atom stereocenters. The van der Waals surface area contributed by atoms with Crippen LogP contribution >= 0.6 is 0 Å². The van der Waals surface area contributed by atoms with Gasteiger partial charge in [-0.15, -0.1) is 0 Å². The highest BCUT2D eigenvalue weighted by Gasteiger charge is 2.22. The van der Waals surface area contributed by atoms with Gasteiger partial charge in [0.05, 0.1) is 12.0 Å². The topological polar surface area (TPSA) is 55.8 Å². The molecule has 0 rings (SSSR count). The molecule has 0 aliphatic rings. The Labute approximate surface area is 72.5 Å². The van der Waals surface area contributed by atoms with Crippen molar-refractivity contribution in [3.63, 3.8) is 0 Å². The molecule has 1 N–H and O–H groups in total. The number of carboxylic acid groups (broad SMARTS) is 1. The highest BCUT2D eigenvalue weighted by molar-refractivity contribution is 5.70. The van der Waals surface area contributed by atoms with Crippen molar-refractivity contribution in [1.29, 1.82) is 0 Å². The average Bonchev–Trinajstić information content (AvgIpc) is 2.05. The molecule has 0 amide bonds. The minimum atomic E-state index is -0.835. The Morgan fingerprint density at radius 1 is 1.50 bits per heavy atom. The van der Waals surface area contributed by atoms with Crippen molar-refractivity contribution in [2.75, 3.05) is 20.8 Å². The SMILES string of the molecule is COCCC(OC)C(C)C(=O)O. The smallest absolute Gasteiger partial charge is 0.308 e. The van der Waals surface area contributed by atoms with Crippen LogP contribution in [0.2, 0.25) is 0 Å². The molecule has 0 radical (unpaired) electrons. The first-order valence-corrected chi connectivity index (χ1v) is 3.88. The maximum atomic E-state index is 10.5. The number of rotatable bonds is 6. The van der Waals surface area contributed by atoms with Gasteiger partial charge in [-0.3, -0.25) is 4.79 Å². The van der Waals surface area contributed by atoms with Gasteiger partial charge in [0.2, 0.25) is 0 Å². The van der Waals surface area contributed by atoms with Gasteiger partial charge in [0, 0.05) is 20.8 Å². The van der Waals surface area contributed by atoms with Gasteiger partial charge in [-0.1, -0.05) is 0 Å². The van der Waals surface area contributed by atoms with E-state index >= 15 is 0 Å². The van der Waals surface area contributed by atoms with E-state index in [0.29, 0.717) is 13.0 Å². The van der Waals surface area contributed by atoms with Crippen LogP contribution < -0.4 is 0 Å². The van der Waals surface area contributed by atoms with Crippen molar-refractivity contribution in [3.8, 4) is 0 Å². The van der Waals surface area contributed by atoms with Gasteiger partial charge in [-0.05, 0) is 13.3 Å². The molecule has 0 aromatic carbocycles. The van der Waals surface area contributed by atoms with Crippen molar-refractivity contribution in [1.82, 2.24) is 0 Å². The molecule has 0 bridgehead atoms. The van der Waals surface area contributed by atoms with E-state index in [-0.39, 0.29) is 6.10 Å². The zero-order valence-corrected chi connectivity index (χ0v) is 7.74. The maximum Gasteiger partial charge on any atom is 0.308 e. The standard InChI is InChI=1S/C8H16O4/c1-6(8(9)10)7(12-3)4-5-11-2/h6-7H,4-5H2,1-3H3,(H,9,10). The van der Waals surface area contributed by atoms with Gasteiger partial charge in [-0.25, -0.2) is 0 Å². The van der Waals surface area contributed by atoms with Gasteiger partial charge in [-0.2, -0.15) is 0 Å². The number of ether oxygens (including phenoxy) is 2. The Kier molecular flexibility index (Phi) is 5.66. The van der Waals surface area contributed by atoms with Crippen molar-refractivity contribution in [3.05, 3.63) is 0 Å². The normalized spacial score (nSPS) is 15.6. The molecule has 0 fully saturated rings. The van der Waals surface area contributed by atoms with Crippen LogP contribution in [0, 0.1) is 5.92 Å². The molecule has 0 aliphatic heterocycles. The van der Waals surface area contributed by atoms with E-state index in [2.05, 4.69) is 0 Å². The van der Waals surface area contributed by atoms with E-state index in [1.54, 1.807) is 14.0 Å². The molecule has 0 aromatic heterocycles. The maximum absolute atomic E-state index is 10.5. The van der Waals surface area contributed by atoms with E-state index in [1.165, 1.54) is 7.11 Å². The van der Waals surface area contributed by atoms with Gasteiger partial charge in [0.1, 0.15) is 0 Å². The molecule has 4 heteroatoms. The molecule has 0 spiro atoms. The van der Waals surface area contributed by atoms with Crippen LogP contribution in [0.5, 0.6) is 0 Å². The van der Waals surface area contributed by atoms with Crippen molar-refractivity contribution < 1.29 is 19.4 Å². The lowest BCUT2D eigenvalue weighted by Crippen LogP contribution is -2.28. The summed E-state index contributed by atoms with van der Waals surface area (Å²) in [6.45, 7) is 2.16. The third kappa shape index (κ3) is 3.69. The Bertz CT molecular complexity index is 135. The third-order valence-electron chi connectivity index (χ3n) is 1.86. The second-order valence-electron chi connectivity index (χ2n) is 2.68. The lowest BCUT2D eigenvalue weighted by atomic mass is 10.0. The van der Waals surface area contributed by atoms with Crippen LogP contribution in [0.3, 0.4) is 0 Å². The molecule has 0 saturated heterocycles. The van der Waals surface area contributed by atoms with Crippen molar-refractivity contribution in [2.45, 2.75) is 19.4 Å². The lowest BCUT2D eigenvalue weighted by molar-refractivity contribution is -0.146. The van der Waals surface area contributed by atoms with Crippen LogP contribution in [0.15, 0.2) is 0 Å². The fourth-order valence-corrected chi connectivity index (χ4v) is 0.965. The van der Waals surface area contributed by atoms with Crippen LogP contribution in [-0.4, -0.2) is 38.0 Å². The largest absolute Gasteiger partial charge is 0.481 e. The third-order valence-corrected chi connectivity index (χ3v) is 1.86. The highest BCUT2D eigenvalue weighted by Crippen LogP contribution is 2.10. The second kappa shape index (κ2) is 5.97. The number of hydrogen-bond acceptors (Lipinski definition) is 3. The van der Waals surface area contributed by atoms with Gasteiger partial charge in [0.25, 0.3) is 0 Å². The Balaban J connectivity index is 3.87. The van der Waals surface area contributed by atoms with Crippen LogP contribution in [0.1, 0.15) is 13.3 Å². The quantitative estimate of drug-likeness (QED) is 0.649. The fourth-order valence-electron chi connectivity index (χ4n) is 0.965. The van der Waals surface area contributed by atoms with E-state index in [1.807, 2.05) is 0 Å². The van der Waals surface area contributed by atoms with Crippen LogP contribution in [0.25, 0.3) is 0 Å². The summed E-state index contributed by atoms with van der Waals surface area (Å²) in [7, 11) is 3.10. The monoisotopic (exact) mass is 176 g/mol. The number of carbonyl (C=O) groups is 1. The summed E-state index contributed by atoms with van der Waals surface area (Å²) >= 11 is 0. The summed E-state index contributed by atoms with van der Waals surface area (Å²) < 4.78 is 9.85. The molecular formula is C8H16O4. The minimum Gasteiger partial charge on any atom is -0.481 e. The summed E-state index contributed by atoms with van der Waals surface area (Å²) in [5.41, 5.74) is 0. The van der Waals surface area contributed by atoms with E-state index < -0.39 is 11.9 Å². The molecule has 12 heavy (non-hydrogen) atoms. The number of aliphatic carboxylic acids is 1. The first-order chi connectivity index (χ1) is 5.63. The summed E-state index contributed by atoms with van der Waals surface area (Å²) in [5.74, 6) is -1.32. The lowest BCUT2D eigenvalue weighted by Gasteiger charge is -2.18. The van der Waals surface area contributed by atoms with E-state index in [9.17, 15) is 4.79 Å². The van der Waals surface area contributed by atoms with Gasteiger partial charge >= 0.3 is 5.97 Å². The van der Waals surface area contributed by atoms with Gasteiger partial charge in [0.15, 0.2) is 0 Å². The van der Waals surface area contributed by atoms with Crippen molar-refractivity contribution in [2.24, 2.45) is 5.92 Å². The molecule has 0 aromatic rings. The molecule has 0 heterocycles. The summed E-state index contributed by atoms with van der Waals surface area (Å²) in [5, 5.41) is 8.66. The Hall–Kier alpha value is -0.610. The highest BCUT2D eigenvalue weighted by atomic mass is 16.5. The molecule has 0 aliphatic carbocycles. The molecular weight excluding hydrogens is 160 g/mol. The Morgan fingerprint density at radius 3 is 2.42 bits per heavy atom. The number of methoxy groups -OCH3 is 2. The summed E-state index contributed by atoms with van der Waals surface area (Å²) in [6, 6.07) is 0. The predicted octanol–water partition coefficient (Wildman–Crippen LogP) is 0.759. The first kappa shape index (κ1) is 11.4. The molecule has 0 saturated carbocycles. The molecule has 4 nitrogen and oxygen atoms in total. The zero-order chi connectivity index (χ0) is 9.56. The first-order valence-electron chi connectivity index (χ1n) is 3.88. The average molecular weight is 176 g/mol. The second-order valence-corrected chi connectivity index (χ2v) is 2.68. The number of hydrogen-bond donors (Lipinski definition) is 1. The fraction of sp³-hybridized carbons (Fsp3) is 0.875. The Morgan fingerprint density at radius 2 is 2.08 bits per heavy atom. The minimum absolute atomic E-state index is 0.262. The zero-order valence-electron chi connectivity index (χ0n) is 7.74. The predicted molar refractivity (Wildman–Crippen MR) is 44.1 cm³/mol. The van der Waals surface area contributed by atoms with Gasteiger partial charge < -0.3 is 14.6 Å². The van der Waals surface area contributed by atoms with E-state index in [0.717, 1.165) is 0 Å². The summed E-state index contributed by atoms with van der Waals surface area (Å²) in [4.78, 5) is 10.5.